The second-order valence-electron chi connectivity index (χ2n) is 14.4. The number of hydrogen-bond donors (Lipinski definition) is 0. The van der Waals surface area contributed by atoms with E-state index in [2.05, 4.69) is 0 Å². The number of amides is 4. The fraction of sp³-hybridized carbons (Fsp3) is 0.273. The molecule has 0 saturated carbocycles. The van der Waals surface area contributed by atoms with Gasteiger partial charge < -0.3 is 14.5 Å². The van der Waals surface area contributed by atoms with Crippen LogP contribution in [0.4, 0.5) is 8.78 Å². The molecule has 2 aromatic rings. The van der Waals surface area contributed by atoms with Gasteiger partial charge in [-0.1, -0.05) is 50.8 Å². The molecule has 0 N–H and O–H groups in total. The first kappa shape index (κ1) is 35.4. The van der Waals surface area contributed by atoms with E-state index in [9.17, 15) is 19.2 Å². The minimum Gasteiger partial charge on any atom is -0.393 e. The first-order chi connectivity index (χ1) is 20.3. The Labute approximate surface area is 280 Å². The summed E-state index contributed by atoms with van der Waals surface area (Å²) >= 11 is 6.38. The number of halogens is 3. The number of fused-ring (bicyclic) bond motifs is 1. The molecular weight excluding hydrogens is 584 g/mol. The van der Waals surface area contributed by atoms with Gasteiger partial charge in [-0.15, -0.1) is 0 Å². The van der Waals surface area contributed by atoms with Crippen LogP contribution in [0, 0.1) is 0 Å². The first-order valence-electron chi connectivity index (χ1n) is 15.0. The van der Waals surface area contributed by atoms with Crippen molar-refractivity contribution in [3.8, 4) is 0 Å². The van der Waals surface area contributed by atoms with Crippen molar-refractivity contribution in [2.24, 2.45) is 0 Å². The van der Waals surface area contributed by atoms with Crippen LogP contribution in [-0.4, -0.2) is 146 Å². The zero-order valence-corrected chi connectivity index (χ0v) is 29.3. The molecule has 0 bridgehead atoms. The lowest BCUT2D eigenvalue weighted by Crippen LogP contribution is -2.75. The first-order valence-corrected chi connectivity index (χ1v) is 15.4. The summed E-state index contributed by atoms with van der Waals surface area (Å²) < 4.78 is 32.2. The Kier molecular flexibility index (Phi) is 8.47. The molecule has 2 aliphatic rings. The number of nitrogens with zero attached hydrogens (tertiary/aromatic N) is 3. The van der Waals surface area contributed by atoms with Crippen LogP contribution >= 0.6 is 11.6 Å². The largest absolute Gasteiger partial charge is 0.393 e. The van der Waals surface area contributed by atoms with Gasteiger partial charge in [-0.2, -0.15) is 8.78 Å². The normalized spacial score (nSPS) is 21.1. The van der Waals surface area contributed by atoms with Gasteiger partial charge in [0.25, 0.3) is 11.8 Å². The van der Waals surface area contributed by atoms with Gasteiger partial charge in [0.2, 0.25) is 27.8 Å². The van der Waals surface area contributed by atoms with Gasteiger partial charge >= 0.3 is 5.92 Å². The predicted molar refractivity (Wildman–Crippen MR) is 210 cm³/mol. The van der Waals surface area contributed by atoms with E-state index in [0.717, 1.165) is 9.62 Å². The highest BCUT2D eigenvalue weighted by Gasteiger charge is 2.66. The molecule has 1 atom stereocenters. The average Bonchev–Trinajstić information content (AvgIpc) is 3.31. The van der Waals surface area contributed by atoms with E-state index in [1.54, 1.807) is 88.8 Å². The van der Waals surface area contributed by atoms with Crippen LogP contribution in [0.15, 0.2) is 18.2 Å². The van der Waals surface area contributed by atoms with Crippen molar-refractivity contribution in [3.63, 3.8) is 0 Å². The van der Waals surface area contributed by atoms with Crippen molar-refractivity contribution < 1.29 is 28.0 Å². The van der Waals surface area contributed by atoms with E-state index in [0.29, 0.717) is 32.6 Å². The van der Waals surface area contributed by atoms with Crippen LogP contribution in [0.1, 0.15) is 27.0 Å². The minimum atomic E-state index is -3.83. The van der Waals surface area contributed by atoms with Crippen molar-refractivity contribution in [2.75, 3.05) is 0 Å². The van der Waals surface area contributed by atoms with Crippen LogP contribution in [-0.2, 0) is 32.2 Å². The molecule has 45 heavy (non-hydrogen) atoms. The molecular formula is C22H31B13ClF2N3O4. The molecule has 23 heteroatoms. The zero-order valence-electron chi connectivity index (χ0n) is 28.5. The Morgan fingerprint density at radius 1 is 0.911 bits per heavy atom. The van der Waals surface area contributed by atoms with Crippen molar-refractivity contribution in [1.82, 2.24) is 14.5 Å². The average molecular weight is 616 g/mol. The third kappa shape index (κ3) is 4.61. The lowest BCUT2D eigenvalue weighted by Gasteiger charge is -2.61. The molecule has 4 rings (SSSR count). The number of benzene rings is 2. The van der Waals surface area contributed by atoms with E-state index >= 15 is 8.78 Å². The quantitative estimate of drug-likeness (QED) is 0.248. The Hall–Kier alpha value is -2.49. The summed E-state index contributed by atoms with van der Waals surface area (Å²) in [5.74, 6) is -6.34. The summed E-state index contributed by atoms with van der Waals surface area (Å²) in [5, 5.41) is -2.70. The number of carbonyl (C=O) groups excluding carboxylic acids is 4. The summed E-state index contributed by atoms with van der Waals surface area (Å²) in [6.07, 6.45) is 0. The number of carbonyl (C=O) groups is 4. The highest BCUT2D eigenvalue weighted by atomic mass is 35.5. The minimum absolute atomic E-state index is 0.0808. The summed E-state index contributed by atoms with van der Waals surface area (Å²) in [7, 11) is 21.5. The summed E-state index contributed by atoms with van der Waals surface area (Å²) in [5.41, 5.74) is 1.39. The van der Waals surface area contributed by atoms with E-state index in [-0.39, 0.29) is 34.8 Å². The Balaban J connectivity index is 1.72. The molecule has 7 nitrogen and oxygen atoms in total. The lowest BCUT2D eigenvalue weighted by molar-refractivity contribution is -0.155. The molecule has 2 aliphatic heterocycles. The van der Waals surface area contributed by atoms with Crippen molar-refractivity contribution in [2.45, 2.75) is 33.7 Å². The van der Waals surface area contributed by atoms with Gasteiger partial charge in [0.15, 0.2) is 0 Å². The molecule has 0 spiro atoms. The van der Waals surface area contributed by atoms with Gasteiger partial charge in [-0.25, -0.2) is 0 Å². The zero-order chi connectivity index (χ0) is 34.6. The number of piperidine rings is 1. The van der Waals surface area contributed by atoms with Gasteiger partial charge in [0.1, 0.15) is 86.3 Å². The van der Waals surface area contributed by atoms with E-state index < -0.39 is 38.9 Å². The number of imide groups is 1. The maximum Gasteiger partial charge on any atom is 0.347 e. The van der Waals surface area contributed by atoms with Crippen LogP contribution in [0.5, 0.6) is 0 Å². The predicted octanol–water partition coefficient (Wildman–Crippen LogP) is -13.1. The molecule has 0 aliphatic carbocycles. The van der Waals surface area contributed by atoms with Crippen LogP contribution in [0.2, 0.25) is 15.5 Å². The topological polar surface area (TPSA) is 78.0 Å². The molecule has 4 amide bonds. The Morgan fingerprint density at radius 3 is 1.93 bits per heavy atom. The molecule has 1 fully saturated rings. The van der Waals surface area contributed by atoms with E-state index in [4.69, 9.17) is 11.6 Å². The number of alkyl halides is 2. The smallest absolute Gasteiger partial charge is 0.347 e. The van der Waals surface area contributed by atoms with Gasteiger partial charge in [0.05, 0.1) is 5.44 Å². The molecule has 2 aromatic carbocycles. The molecule has 0 aromatic heterocycles. The van der Waals surface area contributed by atoms with Gasteiger partial charge in [0, 0.05) is 22.7 Å². The molecule has 2 heterocycles. The molecule has 1 saturated heterocycles. The van der Waals surface area contributed by atoms with E-state index in [1.165, 1.54) is 20.9 Å². The SMILES string of the molecule is Bc1c(B)c(C(F)(F)C(=O)N(B)C(B)(B)c2ccc3c(c2)CN(C2(B)C(=O)N(B)C(=O)C(B)(B)C2(B)B)C3=O)c(B)c(B)c1Cl. The Bertz CT molecular complexity index is 1680. The van der Waals surface area contributed by atoms with Crippen molar-refractivity contribution >= 4 is 159 Å². The van der Waals surface area contributed by atoms with Crippen molar-refractivity contribution in [3.05, 3.63) is 45.5 Å². The monoisotopic (exact) mass is 617 g/mol. The third-order valence-corrected chi connectivity index (χ3v) is 12.3. The van der Waals surface area contributed by atoms with Gasteiger partial charge in [-0.05, 0) is 27.7 Å². The second-order valence-corrected chi connectivity index (χ2v) is 14.8. The maximum absolute atomic E-state index is 16.1. The number of rotatable bonds is 5. The van der Waals surface area contributed by atoms with Crippen LogP contribution < -0.4 is 21.9 Å². The summed E-state index contributed by atoms with van der Waals surface area (Å²) in [6, 6.07) is 5.02. The summed E-state index contributed by atoms with van der Waals surface area (Å²) in [6.45, 7) is 0.0808. The standard InChI is InChI=1S/C22H31B13ClF2N3O4/c23-9-8(10(24)12(26)13(36)11(9)25)18(37,38)15(43)41(35)21(30,31)6-1-2-7-5(3-6)4-39(14(7)42)20(29)17(45)40(34)16(44)19(27,28)22(20,32)33/h1-3H,4,23-35H2. The molecule has 0 radical (unpaired) electrons. The third-order valence-electron chi connectivity index (χ3n) is 11.8. The van der Waals surface area contributed by atoms with Crippen LogP contribution in [0.25, 0.3) is 0 Å². The number of hydrogen-bond acceptors (Lipinski definition) is 4. The Morgan fingerprint density at radius 2 is 1.42 bits per heavy atom. The lowest BCUT2D eigenvalue weighted by atomic mass is 9.21. The fourth-order valence-corrected chi connectivity index (χ4v) is 7.28. The molecule has 1 unspecified atom stereocenters. The second kappa shape index (κ2) is 10.8. The fourth-order valence-electron chi connectivity index (χ4n) is 7.00. The van der Waals surface area contributed by atoms with Gasteiger partial charge in [-0.3, -0.25) is 19.2 Å². The summed E-state index contributed by atoms with van der Waals surface area (Å²) in [4.78, 5) is 58.0. The van der Waals surface area contributed by atoms with Crippen molar-refractivity contribution in [1.29, 1.82) is 0 Å². The maximum atomic E-state index is 16.1. The van der Waals surface area contributed by atoms with E-state index in [1.807, 2.05) is 15.7 Å². The molecule has 218 valence electrons. The highest BCUT2D eigenvalue weighted by Crippen LogP contribution is 2.57. The highest BCUT2D eigenvalue weighted by molar-refractivity contribution is 6.68. The van der Waals surface area contributed by atoms with Crippen LogP contribution in [0.3, 0.4) is 0 Å².